The Labute approximate surface area is 202 Å². The Morgan fingerprint density at radius 1 is 1.06 bits per heavy atom. The fourth-order valence-corrected chi connectivity index (χ4v) is 4.89. The molecule has 1 aliphatic heterocycles. The molecule has 2 amide bonds. The number of amides is 2. The van der Waals surface area contributed by atoms with E-state index in [1.54, 1.807) is 0 Å². The zero-order chi connectivity index (χ0) is 24.4. The van der Waals surface area contributed by atoms with Gasteiger partial charge in [-0.3, -0.25) is 9.59 Å². The van der Waals surface area contributed by atoms with Crippen LogP contribution in [0.15, 0.2) is 48.5 Å². The van der Waals surface area contributed by atoms with E-state index in [2.05, 4.69) is 27.7 Å². The Bertz CT molecular complexity index is 1170. The Morgan fingerprint density at radius 3 is 2.44 bits per heavy atom. The summed E-state index contributed by atoms with van der Waals surface area (Å²) in [7, 11) is 0. The highest BCUT2D eigenvalue weighted by atomic mass is 16.2. The van der Waals surface area contributed by atoms with Gasteiger partial charge in [-0.2, -0.15) is 0 Å². The van der Waals surface area contributed by atoms with Crippen LogP contribution >= 0.6 is 0 Å². The monoisotopic (exact) mass is 460 g/mol. The van der Waals surface area contributed by atoms with E-state index in [0.29, 0.717) is 24.8 Å². The first kappa shape index (κ1) is 24.0. The van der Waals surface area contributed by atoms with Crippen LogP contribution in [-0.2, 0) is 16.1 Å². The highest BCUT2D eigenvalue weighted by molar-refractivity contribution is 5.96. The molecule has 0 saturated carbocycles. The molecule has 4 rings (SSSR count). The number of anilines is 1. The molecule has 0 radical (unpaired) electrons. The summed E-state index contributed by atoms with van der Waals surface area (Å²) >= 11 is 0. The first-order chi connectivity index (χ1) is 16.2. The molecule has 34 heavy (non-hydrogen) atoms. The molecule has 0 unspecified atom stereocenters. The van der Waals surface area contributed by atoms with E-state index in [9.17, 15) is 9.59 Å². The first-order valence-corrected chi connectivity index (χ1v) is 12.3. The van der Waals surface area contributed by atoms with Crippen LogP contribution < -0.4 is 4.90 Å². The molecule has 0 spiro atoms. The van der Waals surface area contributed by atoms with Gasteiger partial charge in [-0.15, -0.1) is 0 Å². The average molecular weight is 461 g/mol. The van der Waals surface area contributed by atoms with Crippen LogP contribution in [0.5, 0.6) is 0 Å². The minimum Gasteiger partial charge on any atom is -0.341 e. The lowest BCUT2D eigenvalue weighted by Crippen LogP contribution is -2.39. The molecule has 3 aromatic rings. The lowest BCUT2D eigenvalue weighted by molar-refractivity contribution is -0.132. The quantitative estimate of drug-likeness (QED) is 0.475. The molecule has 2 aromatic carbocycles. The minimum atomic E-state index is -0.0585. The molecule has 1 atom stereocenters. The molecule has 1 fully saturated rings. The molecule has 1 saturated heterocycles. The summed E-state index contributed by atoms with van der Waals surface area (Å²) < 4.78 is 2.04. The number of benzene rings is 2. The van der Waals surface area contributed by atoms with Crippen molar-refractivity contribution < 1.29 is 9.59 Å². The summed E-state index contributed by atoms with van der Waals surface area (Å²) in [5, 5.41) is 0. The fourth-order valence-electron chi connectivity index (χ4n) is 4.89. The third-order valence-corrected chi connectivity index (χ3v) is 6.30. The van der Waals surface area contributed by atoms with Crippen LogP contribution in [0.4, 0.5) is 5.69 Å². The second-order valence-corrected chi connectivity index (χ2v) is 10.4. The zero-order valence-corrected chi connectivity index (χ0v) is 21.0. The van der Waals surface area contributed by atoms with Gasteiger partial charge in [0.05, 0.1) is 11.0 Å². The van der Waals surface area contributed by atoms with E-state index < -0.39 is 0 Å². The summed E-state index contributed by atoms with van der Waals surface area (Å²) in [6, 6.07) is 16.0. The van der Waals surface area contributed by atoms with Crippen molar-refractivity contribution >= 4 is 28.5 Å². The van der Waals surface area contributed by atoms with Crippen molar-refractivity contribution in [1.82, 2.24) is 14.5 Å². The molecule has 1 aromatic heterocycles. The number of fused-ring (bicyclic) bond motifs is 1. The molecule has 0 bridgehead atoms. The van der Waals surface area contributed by atoms with E-state index in [0.717, 1.165) is 41.2 Å². The summed E-state index contributed by atoms with van der Waals surface area (Å²) in [5.74, 6) is 1.77. The Balaban J connectivity index is 1.65. The predicted octanol–water partition coefficient (Wildman–Crippen LogP) is 5.01. The highest BCUT2D eigenvalue weighted by Gasteiger charge is 2.35. The van der Waals surface area contributed by atoms with E-state index in [-0.39, 0.29) is 24.3 Å². The molecule has 6 heteroatoms. The summed E-state index contributed by atoms with van der Waals surface area (Å²) in [6.45, 7) is 12.9. The predicted molar refractivity (Wildman–Crippen MR) is 137 cm³/mol. The van der Waals surface area contributed by atoms with Crippen molar-refractivity contribution in [2.45, 2.75) is 53.5 Å². The Morgan fingerprint density at radius 2 is 1.76 bits per heavy atom. The van der Waals surface area contributed by atoms with Crippen molar-refractivity contribution in [3.05, 3.63) is 59.9 Å². The standard InChI is InChI=1S/C28H36N4O2/c1-19(2)15-30(16-20(3)4)27(34)18-32-25-12-7-6-11-24(25)29-28(32)22-14-26(33)31(17-22)23-10-8-9-21(5)13-23/h6-13,19-20,22H,14-18H2,1-5H3/t22-/m0/s1. The number of nitrogens with zero attached hydrogens (tertiary/aromatic N) is 4. The lowest BCUT2D eigenvalue weighted by atomic mass is 10.1. The highest BCUT2D eigenvalue weighted by Crippen LogP contribution is 2.33. The van der Waals surface area contributed by atoms with Crippen molar-refractivity contribution in [3.8, 4) is 0 Å². The number of aryl methyl sites for hydroxylation is 1. The molecule has 0 aliphatic carbocycles. The first-order valence-electron chi connectivity index (χ1n) is 12.3. The van der Waals surface area contributed by atoms with Gasteiger partial charge in [0.2, 0.25) is 11.8 Å². The summed E-state index contributed by atoms with van der Waals surface area (Å²) in [6.07, 6.45) is 0.396. The number of aromatic nitrogens is 2. The van der Waals surface area contributed by atoms with Crippen LogP contribution in [-0.4, -0.2) is 45.9 Å². The van der Waals surface area contributed by atoms with Gasteiger partial charge >= 0.3 is 0 Å². The maximum atomic E-state index is 13.5. The van der Waals surface area contributed by atoms with Crippen LogP contribution in [0, 0.1) is 18.8 Å². The van der Waals surface area contributed by atoms with Gasteiger partial charge < -0.3 is 14.4 Å². The van der Waals surface area contributed by atoms with Gasteiger partial charge in [0.15, 0.2) is 0 Å². The van der Waals surface area contributed by atoms with E-state index in [4.69, 9.17) is 4.98 Å². The van der Waals surface area contributed by atoms with Crippen molar-refractivity contribution in [1.29, 1.82) is 0 Å². The number of hydrogen-bond donors (Lipinski definition) is 0. The number of hydrogen-bond acceptors (Lipinski definition) is 3. The maximum Gasteiger partial charge on any atom is 0.242 e. The van der Waals surface area contributed by atoms with Crippen molar-refractivity contribution in [2.75, 3.05) is 24.5 Å². The van der Waals surface area contributed by atoms with Crippen molar-refractivity contribution in [2.24, 2.45) is 11.8 Å². The number of carbonyl (C=O) groups excluding carboxylic acids is 2. The van der Waals surface area contributed by atoms with E-state index in [1.807, 2.05) is 69.8 Å². The second kappa shape index (κ2) is 10.00. The normalized spacial score (nSPS) is 16.3. The van der Waals surface area contributed by atoms with E-state index in [1.165, 1.54) is 0 Å². The topological polar surface area (TPSA) is 58.4 Å². The maximum absolute atomic E-state index is 13.5. The molecule has 2 heterocycles. The zero-order valence-electron chi connectivity index (χ0n) is 21.0. The number of imidazole rings is 1. The van der Waals surface area contributed by atoms with Gasteiger partial charge in [0.1, 0.15) is 12.4 Å². The van der Waals surface area contributed by atoms with Gasteiger partial charge in [-0.05, 0) is 48.6 Å². The number of rotatable bonds is 8. The smallest absolute Gasteiger partial charge is 0.242 e. The molecule has 180 valence electrons. The molecular weight excluding hydrogens is 424 g/mol. The molecular formula is C28H36N4O2. The number of para-hydroxylation sites is 2. The van der Waals surface area contributed by atoms with Crippen LogP contribution in [0.1, 0.15) is 51.4 Å². The van der Waals surface area contributed by atoms with Gasteiger partial charge in [0.25, 0.3) is 0 Å². The average Bonchev–Trinajstić information content (AvgIpc) is 3.33. The van der Waals surface area contributed by atoms with Gasteiger partial charge in [-0.25, -0.2) is 4.98 Å². The van der Waals surface area contributed by atoms with Crippen LogP contribution in [0.25, 0.3) is 11.0 Å². The molecule has 0 N–H and O–H groups in total. The van der Waals surface area contributed by atoms with Crippen LogP contribution in [0.3, 0.4) is 0 Å². The van der Waals surface area contributed by atoms with Crippen LogP contribution in [0.2, 0.25) is 0 Å². The third kappa shape index (κ3) is 5.16. The lowest BCUT2D eigenvalue weighted by Gasteiger charge is -2.27. The summed E-state index contributed by atoms with van der Waals surface area (Å²) in [5.41, 5.74) is 3.86. The van der Waals surface area contributed by atoms with Gasteiger partial charge in [0, 0.05) is 37.7 Å². The summed E-state index contributed by atoms with van der Waals surface area (Å²) in [4.78, 5) is 35.2. The second-order valence-electron chi connectivity index (χ2n) is 10.4. The fraction of sp³-hybridized carbons (Fsp3) is 0.464. The van der Waals surface area contributed by atoms with E-state index >= 15 is 0 Å². The molecule has 1 aliphatic rings. The Kier molecular flexibility index (Phi) is 7.05. The molecule has 6 nitrogen and oxygen atoms in total. The number of carbonyl (C=O) groups is 2. The van der Waals surface area contributed by atoms with Gasteiger partial charge in [-0.1, -0.05) is 52.0 Å². The minimum absolute atomic E-state index is 0.0585. The third-order valence-electron chi connectivity index (χ3n) is 6.30. The SMILES string of the molecule is Cc1cccc(N2C[C@@H](c3nc4ccccc4n3CC(=O)N(CC(C)C)CC(C)C)CC2=O)c1. The van der Waals surface area contributed by atoms with Crippen molar-refractivity contribution in [3.63, 3.8) is 0 Å². The Hall–Kier alpha value is -3.15. The largest absolute Gasteiger partial charge is 0.341 e.